The minimum Gasteiger partial charge on any atom is -0.504 e. The van der Waals surface area contributed by atoms with Crippen LogP contribution in [-0.2, 0) is 0 Å². The molecule has 3 rings (SSSR count). The maximum absolute atomic E-state index is 12.8. The summed E-state index contributed by atoms with van der Waals surface area (Å²) in [7, 11) is 0. The van der Waals surface area contributed by atoms with E-state index in [1.165, 1.54) is 48.6 Å². The van der Waals surface area contributed by atoms with Gasteiger partial charge in [-0.3, -0.25) is 14.4 Å². The minimum absolute atomic E-state index is 0.322. The van der Waals surface area contributed by atoms with Gasteiger partial charge in [0.15, 0.2) is 33.9 Å². The summed E-state index contributed by atoms with van der Waals surface area (Å²) in [6, 6.07) is 7.82. The molecule has 1 heterocycles. The highest BCUT2D eigenvalue weighted by Gasteiger charge is 2.22. The Balaban J connectivity index is 1.94. The molecule has 10 heteroatoms. The molecule has 0 aliphatic rings. The molecule has 172 valence electrons. The van der Waals surface area contributed by atoms with Gasteiger partial charge in [-0.2, -0.15) is 0 Å². The summed E-state index contributed by atoms with van der Waals surface area (Å²) in [5.41, 5.74) is -0.312. The summed E-state index contributed by atoms with van der Waals surface area (Å²) in [4.78, 5) is 45.2. The SMILES string of the molecule is CC(=O)c1nc(Cl)c(C(=O)C=Cc2ccc(O)c(O)c2)nc1C(=O)C=Cc1ccc(O)c(O)c1. The number of aromatic hydroxyl groups is 4. The third-order valence-corrected chi connectivity index (χ3v) is 4.77. The van der Waals surface area contributed by atoms with Crippen molar-refractivity contribution in [2.45, 2.75) is 6.92 Å². The van der Waals surface area contributed by atoms with Crippen LogP contribution in [0.5, 0.6) is 23.0 Å². The molecule has 0 aliphatic carbocycles. The molecular formula is C24H17ClN2O7. The van der Waals surface area contributed by atoms with E-state index in [0.717, 1.165) is 19.1 Å². The number of carbonyl (C=O) groups excluding carboxylic acids is 3. The molecule has 0 bridgehead atoms. The van der Waals surface area contributed by atoms with Crippen molar-refractivity contribution in [3.63, 3.8) is 0 Å². The van der Waals surface area contributed by atoms with Crippen molar-refractivity contribution in [3.8, 4) is 23.0 Å². The second-order valence-electron chi connectivity index (χ2n) is 7.01. The summed E-state index contributed by atoms with van der Waals surface area (Å²) in [5, 5.41) is 37.5. The Morgan fingerprint density at radius 3 is 1.62 bits per heavy atom. The summed E-state index contributed by atoms with van der Waals surface area (Å²) in [5.74, 6) is -3.47. The van der Waals surface area contributed by atoms with Gasteiger partial charge in [-0.15, -0.1) is 0 Å². The summed E-state index contributed by atoms with van der Waals surface area (Å²) < 4.78 is 0. The number of carbonyl (C=O) groups is 3. The van der Waals surface area contributed by atoms with Gasteiger partial charge in [0.1, 0.15) is 17.1 Å². The molecule has 4 N–H and O–H groups in total. The summed E-state index contributed by atoms with van der Waals surface area (Å²) in [6.07, 6.45) is 4.80. The number of allylic oxidation sites excluding steroid dienone is 2. The first kappa shape index (κ1) is 24.1. The number of ketones is 3. The Hall–Kier alpha value is -4.50. The average Bonchev–Trinajstić information content (AvgIpc) is 2.79. The monoisotopic (exact) mass is 480 g/mol. The number of phenolic OH excluding ortho intramolecular Hbond substituents is 4. The van der Waals surface area contributed by atoms with E-state index in [2.05, 4.69) is 9.97 Å². The number of Topliss-reactive ketones (excluding diaryl/α,β-unsaturated/α-hetero) is 1. The molecule has 0 atom stereocenters. The van der Waals surface area contributed by atoms with Gasteiger partial charge in [-0.25, -0.2) is 9.97 Å². The Kier molecular flexibility index (Phi) is 7.08. The molecule has 9 nitrogen and oxygen atoms in total. The minimum atomic E-state index is -0.747. The number of rotatable bonds is 7. The molecule has 3 aromatic rings. The van der Waals surface area contributed by atoms with Crippen molar-refractivity contribution < 1.29 is 34.8 Å². The maximum Gasteiger partial charge on any atom is 0.207 e. The lowest BCUT2D eigenvalue weighted by atomic mass is 10.1. The highest BCUT2D eigenvalue weighted by Crippen LogP contribution is 2.27. The van der Waals surface area contributed by atoms with Crippen LogP contribution in [0.4, 0.5) is 0 Å². The Labute approximate surface area is 197 Å². The van der Waals surface area contributed by atoms with E-state index < -0.39 is 23.0 Å². The van der Waals surface area contributed by atoms with Crippen molar-refractivity contribution in [3.05, 3.63) is 81.9 Å². The second-order valence-corrected chi connectivity index (χ2v) is 7.37. The average molecular weight is 481 g/mol. The van der Waals surface area contributed by atoms with Crippen LogP contribution >= 0.6 is 11.6 Å². The molecule has 0 spiro atoms. The summed E-state index contributed by atoms with van der Waals surface area (Å²) >= 11 is 6.04. The van der Waals surface area contributed by atoms with Gasteiger partial charge in [0.25, 0.3) is 0 Å². The van der Waals surface area contributed by atoms with E-state index >= 15 is 0 Å². The highest BCUT2D eigenvalue weighted by molar-refractivity contribution is 6.33. The van der Waals surface area contributed by atoms with E-state index in [1.54, 1.807) is 0 Å². The molecule has 0 radical (unpaired) electrons. The number of aromatic nitrogens is 2. The third-order valence-electron chi connectivity index (χ3n) is 4.51. The zero-order valence-electron chi connectivity index (χ0n) is 17.6. The molecule has 0 amide bonds. The number of hydrogen-bond donors (Lipinski definition) is 4. The van der Waals surface area contributed by atoms with Crippen LogP contribution in [0, 0.1) is 0 Å². The van der Waals surface area contributed by atoms with Gasteiger partial charge in [0.05, 0.1) is 0 Å². The van der Waals surface area contributed by atoms with Gasteiger partial charge in [0.2, 0.25) is 11.6 Å². The fourth-order valence-corrected chi connectivity index (χ4v) is 3.00. The molecule has 0 saturated heterocycles. The number of nitrogens with zero attached hydrogens (tertiary/aromatic N) is 2. The first-order chi connectivity index (χ1) is 16.1. The normalized spacial score (nSPS) is 11.2. The largest absolute Gasteiger partial charge is 0.504 e. The van der Waals surface area contributed by atoms with Gasteiger partial charge in [0, 0.05) is 6.92 Å². The highest BCUT2D eigenvalue weighted by atomic mass is 35.5. The Morgan fingerprint density at radius 1 is 0.706 bits per heavy atom. The zero-order chi connectivity index (χ0) is 25.0. The molecule has 2 aromatic carbocycles. The molecule has 0 aliphatic heterocycles. The van der Waals surface area contributed by atoms with Gasteiger partial charge in [-0.1, -0.05) is 35.9 Å². The smallest absolute Gasteiger partial charge is 0.207 e. The van der Waals surface area contributed by atoms with Gasteiger partial charge >= 0.3 is 0 Å². The Bertz CT molecular complexity index is 1380. The fraction of sp³-hybridized carbons (Fsp3) is 0.0417. The van der Waals surface area contributed by atoms with Crippen molar-refractivity contribution in [2.75, 3.05) is 0 Å². The quantitative estimate of drug-likeness (QED) is 0.223. The first-order valence-corrected chi connectivity index (χ1v) is 10.0. The number of phenols is 4. The van der Waals surface area contributed by atoms with Crippen molar-refractivity contribution in [2.24, 2.45) is 0 Å². The third kappa shape index (κ3) is 5.45. The van der Waals surface area contributed by atoms with Crippen LogP contribution in [0.3, 0.4) is 0 Å². The maximum atomic E-state index is 12.8. The van der Waals surface area contributed by atoms with Crippen LogP contribution in [0.2, 0.25) is 5.15 Å². The lowest BCUT2D eigenvalue weighted by molar-refractivity contribution is 0.0982. The standard InChI is InChI=1S/C24H17ClN2O7/c1-12(28)21-22(17(31)8-4-13-2-6-15(29)19(33)10-13)26-23(24(25)27-21)18(32)9-5-14-3-7-16(30)20(34)11-14/h2-11,29-30,33-34H,1H3. The van der Waals surface area contributed by atoms with Gasteiger partial charge < -0.3 is 20.4 Å². The molecule has 34 heavy (non-hydrogen) atoms. The zero-order valence-corrected chi connectivity index (χ0v) is 18.3. The van der Waals surface area contributed by atoms with Crippen LogP contribution in [0.15, 0.2) is 48.6 Å². The summed E-state index contributed by atoms with van der Waals surface area (Å²) in [6.45, 7) is 1.16. The van der Waals surface area contributed by atoms with Crippen LogP contribution in [-0.4, -0.2) is 47.7 Å². The topological polar surface area (TPSA) is 158 Å². The number of halogens is 1. The molecule has 0 fully saturated rings. The van der Waals surface area contributed by atoms with E-state index in [0.29, 0.717) is 11.1 Å². The van der Waals surface area contributed by atoms with Crippen LogP contribution < -0.4 is 0 Å². The fourth-order valence-electron chi connectivity index (χ4n) is 2.78. The van der Waals surface area contributed by atoms with E-state index in [-0.39, 0.29) is 39.5 Å². The van der Waals surface area contributed by atoms with E-state index in [4.69, 9.17) is 11.6 Å². The van der Waals surface area contributed by atoms with Crippen molar-refractivity contribution in [1.29, 1.82) is 0 Å². The van der Waals surface area contributed by atoms with Gasteiger partial charge in [-0.05, 0) is 47.5 Å². The van der Waals surface area contributed by atoms with E-state index in [9.17, 15) is 34.8 Å². The number of benzene rings is 2. The first-order valence-electron chi connectivity index (χ1n) is 9.64. The van der Waals surface area contributed by atoms with Crippen LogP contribution in [0.1, 0.15) is 49.5 Å². The van der Waals surface area contributed by atoms with Crippen LogP contribution in [0.25, 0.3) is 12.2 Å². The van der Waals surface area contributed by atoms with Crippen molar-refractivity contribution >= 4 is 41.1 Å². The Morgan fingerprint density at radius 2 is 1.18 bits per heavy atom. The van der Waals surface area contributed by atoms with E-state index in [1.807, 2.05) is 0 Å². The second kappa shape index (κ2) is 9.97. The molecule has 0 saturated carbocycles. The molecule has 1 aromatic heterocycles. The molecule has 0 unspecified atom stereocenters. The number of hydrogen-bond acceptors (Lipinski definition) is 9. The predicted octanol–water partition coefficient (Wildman–Crippen LogP) is 3.95. The molecular weight excluding hydrogens is 464 g/mol. The lowest BCUT2D eigenvalue weighted by Gasteiger charge is -2.06. The predicted molar refractivity (Wildman–Crippen MR) is 123 cm³/mol. The van der Waals surface area contributed by atoms with Crippen molar-refractivity contribution in [1.82, 2.24) is 9.97 Å². The lowest BCUT2D eigenvalue weighted by Crippen LogP contribution is -2.15.